The van der Waals surface area contributed by atoms with Crippen molar-refractivity contribution in [1.29, 1.82) is 0 Å². The summed E-state index contributed by atoms with van der Waals surface area (Å²) < 4.78 is 5.19. The van der Waals surface area contributed by atoms with E-state index in [0.29, 0.717) is 6.04 Å². The fourth-order valence-corrected chi connectivity index (χ4v) is 3.80. The van der Waals surface area contributed by atoms with Crippen LogP contribution in [-0.4, -0.2) is 39.2 Å². The normalized spacial score (nSPS) is 15.9. The molecule has 1 aliphatic heterocycles. The number of hydrogen-bond donors (Lipinski definition) is 2. The molecule has 1 aliphatic rings. The first-order valence-corrected chi connectivity index (χ1v) is 9.55. The number of thiophene rings is 1. The van der Waals surface area contributed by atoms with Gasteiger partial charge >= 0.3 is 0 Å². The fraction of sp³-hybridized carbons (Fsp3) is 0.421. The Morgan fingerprint density at radius 2 is 2.00 bits per heavy atom. The summed E-state index contributed by atoms with van der Waals surface area (Å²) in [7, 11) is 3.51. The van der Waals surface area contributed by atoms with E-state index in [1.165, 1.54) is 10.6 Å². The van der Waals surface area contributed by atoms with Gasteiger partial charge in [-0.15, -0.1) is 11.3 Å². The van der Waals surface area contributed by atoms with E-state index in [-0.39, 0.29) is 0 Å². The first-order valence-electron chi connectivity index (χ1n) is 8.67. The summed E-state index contributed by atoms with van der Waals surface area (Å²) in [6, 6.07) is 12.9. The van der Waals surface area contributed by atoms with Crippen LogP contribution < -0.4 is 20.3 Å². The van der Waals surface area contributed by atoms with E-state index in [2.05, 4.69) is 50.2 Å². The lowest BCUT2D eigenvalue weighted by Gasteiger charge is -2.33. The van der Waals surface area contributed by atoms with Gasteiger partial charge in [-0.25, -0.2) is 0 Å². The first kappa shape index (κ1) is 17.6. The standard InChI is InChI=1S/C19H26N4OS/c1-20-19(21-14-15-5-7-17(24-2)8-6-15)22-16-9-11-23(12-10-16)18-4-3-13-25-18/h3-8,13,16H,9-12,14H2,1-2H3,(H2,20,21,22). The highest BCUT2D eigenvalue weighted by molar-refractivity contribution is 7.14. The summed E-state index contributed by atoms with van der Waals surface area (Å²) in [5, 5.41) is 10.5. The molecule has 0 spiro atoms. The third-order valence-corrected chi connectivity index (χ3v) is 5.43. The lowest BCUT2D eigenvalue weighted by molar-refractivity contribution is 0.414. The van der Waals surface area contributed by atoms with E-state index in [9.17, 15) is 0 Å². The van der Waals surface area contributed by atoms with Crippen molar-refractivity contribution < 1.29 is 4.74 Å². The van der Waals surface area contributed by atoms with Crippen molar-refractivity contribution in [2.45, 2.75) is 25.4 Å². The summed E-state index contributed by atoms with van der Waals surface area (Å²) in [6.45, 7) is 2.93. The lowest BCUT2D eigenvalue weighted by atomic mass is 10.1. The Kier molecular flexibility index (Phi) is 6.17. The van der Waals surface area contributed by atoms with Crippen molar-refractivity contribution in [2.75, 3.05) is 32.1 Å². The minimum Gasteiger partial charge on any atom is -0.497 e. The average Bonchev–Trinajstić information content (AvgIpc) is 3.21. The topological polar surface area (TPSA) is 48.9 Å². The second kappa shape index (κ2) is 8.76. The van der Waals surface area contributed by atoms with Crippen LogP contribution in [0.25, 0.3) is 0 Å². The Balaban J connectivity index is 1.44. The first-order chi connectivity index (χ1) is 12.3. The quantitative estimate of drug-likeness (QED) is 0.637. The maximum absolute atomic E-state index is 5.19. The number of nitrogens with one attached hydrogen (secondary N) is 2. The molecule has 0 saturated carbocycles. The Labute approximate surface area is 153 Å². The van der Waals surface area contributed by atoms with Gasteiger partial charge in [-0.1, -0.05) is 12.1 Å². The van der Waals surface area contributed by atoms with Crippen LogP contribution in [0.4, 0.5) is 5.00 Å². The number of methoxy groups -OCH3 is 1. The molecule has 0 aliphatic carbocycles. The molecule has 1 fully saturated rings. The van der Waals surface area contributed by atoms with E-state index >= 15 is 0 Å². The van der Waals surface area contributed by atoms with Crippen LogP contribution in [0.1, 0.15) is 18.4 Å². The molecule has 0 radical (unpaired) electrons. The molecule has 0 atom stereocenters. The van der Waals surface area contributed by atoms with Crippen molar-refractivity contribution in [3.63, 3.8) is 0 Å². The molecule has 0 amide bonds. The molecule has 2 heterocycles. The van der Waals surface area contributed by atoms with Gasteiger partial charge in [-0.3, -0.25) is 4.99 Å². The van der Waals surface area contributed by atoms with Crippen molar-refractivity contribution in [3.8, 4) is 5.75 Å². The van der Waals surface area contributed by atoms with Crippen LogP contribution in [0, 0.1) is 0 Å². The van der Waals surface area contributed by atoms with E-state index in [1.54, 1.807) is 7.11 Å². The molecule has 0 bridgehead atoms. The highest BCUT2D eigenvalue weighted by Gasteiger charge is 2.20. The number of benzene rings is 1. The van der Waals surface area contributed by atoms with Gasteiger partial charge in [0.05, 0.1) is 12.1 Å². The largest absolute Gasteiger partial charge is 0.497 e. The molecule has 0 unspecified atom stereocenters. The number of guanidine groups is 1. The second-order valence-corrected chi connectivity index (χ2v) is 7.06. The number of aliphatic imine (C=N–C) groups is 1. The van der Waals surface area contributed by atoms with Gasteiger partial charge in [0.15, 0.2) is 5.96 Å². The smallest absolute Gasteiger partial charge is 0.191 e. The summed E-state index contributed by atoms with van der Waals surface area (Å²) in [4.78, 5) is 6.83. The molecule has 3 rings (SSSR count). The summed E-state index contributed by atoms with van der Waals surface area (Å²) in [6.07, 6.45) is 2.25. The molecule has 25 heavy (non-hydrogen) atoms. The van der Waals surface area contributed by atoms with E-state index in [0.717, 1.165) is 44.2 Å². The fourth-order valence-electron chi connectivity index (χ4n) is 3.01. The molecule has 1 aromatic carbocycles. The molecule has 5 nitrogen and oxygen atoms in total. The molecule has 2 aromatic rings. The third kappa shape index (κ3) is 4.89. The Morgan fingerprint density at radius 1 is 1.24 bits per heavy atom. The average molecular weight is 359 g/mol. The number of rotatable bonds is 5. The summed E-state index contributed by atoms with van der Waals surface area (Å²) >= 11 is 1.82. The van der Waals surface area contributed by atoms with Crippen LogP contribution in [0.3, 0.4) is 0 Å². The molecule has 2 N–H and O–H groups in total. The summed E-state index contributed by atoms with van der Waals surface area (Å²) in [5.74, 6) is 1.74. The van der Waals surface area contributed by atoms with Crippen LogP contribution in [0.5, 0.6) is 5.75 Å². The van der Waals surface area contributed by atoms with Crippen LogP contribution in [-0.2, 0) is 6.54 Å². The van der Waals surface area contributed by atoms with Crippen LogP contribution in [0.2, 0.25) is 0 Å². The predicted molar refractivity (Wildman–Crippen MR) is 106 cm³/mol. The van der Waals surface area contributed by atoms with E-state index < -0.39 is 0 Å². The highest BCUT2D eigenvalue weighted by atomic mass is 32.1. The minimum absolute atomic E-state index is 0.471. The highest BCUT2D eigenvalue weighted by Crippen LogP contribution is 2.24. The third-order valence-electron chi connectivity index (χ3n) is 4.50. The Morgan fingerprint density at radius 3 is 2.60 bits per heavy atom. The maximum atomic E-state index is 5.19. The Hall–Kier alpha value is -2.21. The van der Waals surface area contributed by atoms with Gasteiger partial charge in [-0.05, 0) is 48.1 Å². The number of piperidine rings is 1. The van der Waals surface area contributed by atoms with Crippen molar-refractivity contribution in [2.24, 2.45) is 4.99 Å². The van der Waals surface area contributed by atoms with Crippen LogP contribution >= 0.6 is 11.3 Å². The number of hydrogen-bond acceptors (Lipinski definition) is 4. The molecule has 1 saturated heterocycles. The van der Waals surface area contributed by atoms with E-state index in [1.807, 2.05) is 30.5 Å². The second-order valence-electron chi connectivity index (χ2n) is 6.13. The van der Waals surface area contributed by atoms with Gasteiger partial charge in [0, 0.05) is 32.7 Å². The molecule has 1 aromatic heterocycles. The zero-order valence-electron chi connectivity index (χ0n) is 14.9. The molecular weight excluding hydrogens is 332 g/mol. The number of nitrogens with zero attached hydrogens (tertiary/aromatic N) is 2. The predicted octanol–water partition coefficient (Wildman–Crippen LogP) is 3.09. The molecule has 6 heteroatoms. The Bertz CT molecular complexity index is 661. The lowest BCUT2D eigenvalue weighted by Crippen LogP contribution is -2.48. The van der Waals surface area contributed by atoms with Crippen molar-refractivity contribution >= 4 is 22.3 Å². The van der Waals surface area contributed by atoms with E-state index in [4.69, 9.17) is 4.74 Å². The maximum Gasteiger partial charge on any atom is 0.191 e. The number of anilines is 1. The van der Waals surface area contributed by atoms with Crippen LogP contribution in [0.15, 0.2) is 46.8 Å². The van der Waals surface area contributed by atoms with Gasteiger partial charge in [0.25, 0.3) is 0 Å². The van der Waals surface area contributed by atoms with Gasteiger partial charge in [-0.2, -0.15) is 0 Å². The SMILES string of the molecule is CN=C(NCc1ccc(OC)cc1)NC1CCN(c2cccs2)CC1. The minimum atomic E-state index is 0.471. The monoisotopic (exact) mass is 358 g/mol. The number of ether oxygens (including phenoxy) is 1. The molecular formula is C19H26N4OS. The summed E-state index contributed by atoms with van der Waals surface area (Å²) in [5.41, 5.74) is 1.20. The van der Waals surface area contributed by atoms with Crippen molar-refractivity contribution in [1.82, 2.24) is 10.6 Å². The van der Waals surface area contributed by atoms with Gasteiger partial charge in [0.2, 0.25) is 0 Å². The molecule has 134 valence electrons. The zero-order chi connectivity index (χ0) is 17.5. The van der Waals surface area contributed by atoms with Crippen molar-refractivity contribution in [3.05, 3.63) is 47.3 Å². The van der Waals surface area contributed by atoms with Gasteiger partial charge in [0.1, 0.15) is 5.75 Å². The van der Waals surface area contributed by atoms with Gasteiger partial charge < -0.3 is 20.3 Å². The zero-order valence-corrected chi connectivity index (χ0v) is 15.7.